The maximum absolute atomic E-state index is 13.7. The summed E-state index contributed by atoms with van der Waals surface area (Å²) >= 11 is 0. The van der Waals surface area contributed by atoms with Crippen molar-refractivity contribution in [1.82, 2.24) is 4.31 Å². The van der Waals surface area contributed by atoms with E-state index in [1.54, 1.807) is 18.2 Å². The van der Waals surface area contributed by atoms with E-state index in [1.807, 2.05) is 70.2 Å². The number of nitrogens with one attached hydrogen (secondary N) is 1. The van der Waals surface area contributed by atoms with Gasteiger partial charge < -0.3 is 10.1 Å². The molecule has 0 aromatic heterocycles. The first-order valence-electron chi connectivity index (χ1n) is 11.2. The molecule has 0 fully saturated rings. The quantitative estimate of drug-likeness (QED) is 0.477. The second-order valence-corrected chi connectivity index (χ2v) is 10.5. The minimum absolute atomic E-state index is 0.0542. The van der Waals surface area contributed by atoms with Crippen molar-refractivity contribution in [3.8, 4) is 5.75 Å². The predicted octanol–water partition coefficient (Wildman–Crippen LogP) is 4.80. The summed E-state index contributed by atoms with van der Waals surface area (Å²) in [6.45, 7) is 7.52. The molecule has 0 radical (unpaired) electrons. The molecule has 0 spiro atoms. The third-order valence-electron chi connectivity index (χ3n) is 5.69. The topological polar surface area (TPSA) is 75.7 Å². The maximum atomic E-state index is 13.7. The molecule has 0 aliphatic rings. The van der Waals surface area contributed by atoms with Crippen molar-refractivity contribution in [1.29, 1.82) is 0 Å². The van der Waals surface area contributed by atoms with Gasteiger partial charge in [-0.15, -0.1) is 0 Å². The highest BCUT2D eigenvalue weighted by Crippen LogP contribution is 2.28. The van der Waals surface area contributed by atoms with Gasteiger partial charge in [0.1, 0.15) is 10.6 Å². The molecule has 1 amide bonds. The van der Waals surface area contributed by atoms with Gasteiger partial charge in [-0.1, -0.05) is 54.1 Å². The predicted molar refractivity (Wildman–Crippen MR) is 136 cm³/mol. The molecule has 3 aromatic carbocycles. The van der Waals surface area contributed by atoms with Gasteiger partial charge in [0.15, 0.2) is 0 Å². The zero-order valence-corrected chi connectivity index (χ0v) is 21.2. The smallest absolute Gasteiger partial charge is 0.247 e. The SMILES string of the molecule is COc1ccc(C)cc1S(=O)(=O)N(CCc1ccccc1)CC(=O)Nc1c(C)cc(C)cc1C. The molecule has 7 heteroatoms. The molecule has 3 aromatic rings. The highest BCUT2D eigenvalue weighted by Gasteiger charge is 2.30. The van der Waals surface area contributed by atoms with Gasteiger partial charge in [0.2, 0.25) is 15.9 Å². The summed E-state index contributed by atoms with van der Waals surface area (Å²) in [5, 5.41) is 2.92. The van der Waals surface area contributed by atoms with Gasteiger partial charge in [0.05, 0.1) is 13.7 Å². The lowest BCUT2D eigenvalue weighted by molar-refractivity contribution is -0.116. The van der Waals surface area contributed by atoms with Crippen molar-refractivity contribution in [2.75, 3.05) is 25.5 Å². The van der Waals surface area contributed by atoms with Crippen molar-refractivity contribution in [3.63, 3.8) is 0 Å². The second-order valence-electron chi connectivity index (χ2n) is 8.55. The lowest BCUT2D eigenvalue weighted by Crippen LogP contribution is -2.39. The van der Waals surface area contributed by atoms with Crippen molar-refractivity contribution in [2.45, 2.75) is 39.0 Å². The summed E-state index contributed by atoms with van der Waals surface area (Å²) in [6, 6.07) is 18.6. The number of aryl methyl sites for hydroxylation is 4. The Morgan fingerprint density at radius 3 is 2.18 bits per heavy atom. The molecular weight excluding hydrogens is 448 g/mol. The lowest BCUT2D eigenvalue weighted by atomic mass is 10.1. The summed E-state index contributed by atoms with van der Waals surface area (Å²) in [5.74, 6) is -0.140. The van der Waals surface area contributed by atoms with Crippen LogP contribution in [0.3, 0.4) is 0 Å². The van der Waals surface area contributed by atoms with E-state index in [9.17, 15) is 13.2 Å². The fourth-order valence-electron chi connectivity index (χ4n) is 4.02. The zero-order valence-electron chi connectivity index (χ0n) is 20.4. The number of carbonyl (C=O) groups excluding carboxylic acids is 1. The second kappa shape index (κ2) is 10.8. The number of ether oxygens (including phenoxy) is 1. The first-order chi connectivity index (χ1) is 16.1. The molecule has 34 heavy (non-hydrogen) atoms. The number of methoxy groups -OCH3 is 1. The van der Waals surface area contributed by atoms with Crippen LogP contribution in [-0.4, -0.2) is 38.8 Å². The van der Waals surface area contributed by atoms with Crippen LogP contribution in [0.25, 0.3) is 0 Å². The number of benzene rings is 3. The van der Waals surface area contributed by atoms with Crippen molar-refractivity contribution < 1.29 is 17.9 Å². The van der Waals surface area contributed by atoms with E-state index in [0.29, 0.717) is 12.1 Å². The van der Waals surface area contributed by atoms with E-state index in [2.05, 4.69) is 5.32 Å². The monoisotopic (exact) mass is 480 g/mol. The number of hydrogen-bond acceptors (Lipinski definition) is 4. The Kier molecular flexibility index (Phi) is 8.12. The van der Waals surface area contributed by atoms with E-state index in [0.717, 1.165) is 27.8 Å². The van der Waals surface area contributed by atoms with Gasteiger partial charge in [0, 0.05) is 12.2 Å². The van der Waals surface area contributed by atoms with Crippen LogP contribution >= 0.6 is 0 Å². The molecule has 0 saturated carbocycles. The van der Waals surface area contributed by atoms with Gasteiger partial charge in [-0.05, 0) is 68.5 Å². The molecule has 6 nitrogen and oxygen atoms in total. The number of rotatable bonds is 9. The number of sulfonamides is 1. The van der Waals surface area contributed by atoms with E-state index >= 15 is 0 Å². The highest BCUT2D eigenvalue weighted by molar-refractivity contribution is 7.89. The Morgan fingerprint density at radius 1 is 0.912 bits per heavy atom. The highest BCUT2D eigenvalue weighted by atomic mass is 32.2. The third-order valence-corrected chi connectivity index (χ3v) is 7.56. The van der Waals surface area contributed by atoms with E-state index < -0.39 is 15.9 Å². The minimum Gasteiger partial charge on any atom is -0.495 e. The van der Waals surface area contributed by atoms with Crippen LogP contribution in [0.4, 0.5) is 5.69 Å². The third kappa shape index (κ3) is 6.04. The summed E-state index contributed by atoms with van der Waals surface area (Å²) in [5.41, 5.74) is 5.47. The number of anilines is 1. The first kappa shape index (κ1) is 25.5. The summed E-state index contributed by atoms with van der Waals surface area (Å²) in [6.07, 6.45) is 0.476. The van der Waals surface area contributed by atoms with Gasteiger partial charge in [-0.3, -0.25) is 4.79 Å². The number of hydrogen-bond donors (Lipinski definition) is 1. The van der Waals surface area contributed by atoms with Crippen molar-refractivity contribution >= 4 is 21.6 Å². The zero-order chi connectivity index (χ0) is 24.9. The molecule has 0 heterocycles. The molecule has 0 aliphatic carbocycles. The Morgan fingerprint density at radius 2 is 1.56 bits per heavy atom. The molecule has 0 aliphatic heterocycles. The molecular formula is C27H32N2O4S. The van der Waals surface area contributed by atoms with Gasteiger partial charge in [-0.2, -0.15) is 4.31 Å². The van der Waals surface area contributed by atoms with Crippen LogP contribution in [-0.2, 0) is 21.2 Å². The Balaban J connectivity index is 1.92. The standard InChI is InChI=1S/C27H32N2O4S/c1-19-11-12-24(33-5)25(17-19)34(31,32)29(14-13-23-9-7-6-8-10-23)18-26(30)28-27-21(3)15-20(2)16-22(27)4/h6-12,15-17H,13-14,18H2,1-5H3,(H,28,30). The van der Waals surface area contributed by atoms with Crippen LogP contribution in [0, 0.1) is 27.7 Å². The fraction of sp³-hybridized carbons (Fsp3) is 0.296. The normalized spacial score (nSPS) is 11.5. The van der Waals surface area contributed by atoms with Crippen LogP contribution in [0.1, 0.15) is 27.8 Å². The Bertz CT molecular complexity index is 1250. The molecule has 180 valence electrons. The fourth-order valence-corrected chi connectivity index (χ4v) is 5.66. The summed E-state index contributed by atoms with van der Waals surface area (Å²) < 4.78 is 34.0. The average molecular weight is 481 g/mol. The first-order valence-corrected chi connectivity index (χ1v) is 12.6. The van der Waals surface area contributed by atoms with E-state index in [-0.39, 0.29) is 23.7 Å². The molecule has 3 rings (SSSR count). The number of amides is 1. The minimum atomic E-state index is -4.00. The molecule has 0 unspecified atom stereocenters. The largest absolute Gasteiger partial charge is 0.495 e. The summed E-state index contributed by atoms with van der Waals surface area (Å²) in [4.78, 5) is 13.1. The van der Waals surface area contributed by atoms with Gasteiger partial charge >= 0.3 is 0 Å². The number of nitrogens with zero attached hydrogens (tertiary/aromatic N) is 1. The average Bonchev–Trinajstić information content (AvgIpc) is 2.79. The Hall–Kier alpha value is -3.16. The molecule has 0 atom stereocenters. The van der Waals surface area contributed by atoms with Crippen LogP contribution in [0.15, 0.2) is 65.6 Å². The molecule has 0 bridgehead atoms. The van der Waals surface area contributed by atoms with Crippen LogP contribution < -0.4 is 10.1 Å². The van der Waals surface area contributed by atoms with Crippen LogP contribution in [0.5, 0.6) is 5.75 Å². The Labute approximate surface area is 202 Å². The van der Waals surface area contributed by atoms with Crippen LogP contribution in [0.2, 0.25) is 0 Å². The van der Waals surface area contributed by atoms with E-state index in [1.165, 1.54) is 11.4 Å². The summed E-state index contributed by atoms with van der Waals surface area (Å²) in [7, 11) is -2.57. The number of carbonyl (C=O) groups is 1. The molecule has 0 saturated heterocycles. The van der Waals surface area contributed by atoms with Gasteiger partial charge in [0.25, 0.3) is 0 Å². The van der Waals surface area contributed by atoms with E-state index in [4.69, 9.17) is 4.74 Å². The van der Waals surface area contributed by atoms with Crippen molar-refractivity contribution in [2.24, 2.45) is 0 Å². The maximum Gasteiger partial charge on any atom is 0.247 e. The molecule has 1 N–H and O–H groups in total. The van der Waals surface area contributed by atoms with Crippen molar-refractivity contribution in [3.05, 3.63) is 88.5 Å². The lowest BCUT2D eigenvalue weighted by Gasteiger charge is -2.24. The van der Waals surface area contributed by atoms with Gasteiger partial charge in [-0.25, -0.2) is 8.42 Å².